The maximum atomic E-state index is 11.9. The van der Waals surface area contributed by atoms with Gasteiger partial charge in [0.1, 0.15) is 17.1 Å². The normalized spacial score (nSPS) is 11.3. The van der Waals surface area contributed by atoms with Gasteiger partial charge in [-0.3, -0.25) is 9.20 Å². The van der Waals surface area contributed by atoms with Crippen molar-refractivity contribution in [2.45, 2.75) is 26.9 Å². The third kappa shape index (κ3) is 3.26. The summed E-state index contributed by atoms with van der Waals surface area (Å²) in [6, 6.07) is 16.0. The number of thiazole rings is 1. The van der Waals surface area contributed by atoms with E-state index in [1.165, 1.54) is 16.9 Å². The van der Waals surface area contributed by atoms with Gasteiger partial charge in [0.15, 0.2) is 11.2 Å². The Morgan fingerprint density at radius 1 is 1.04 bits per heavy atom. The Morgan fingerprint density at radius 3 is 2.33 bits per heavy atom. The third-order valence-electron chi connectivity index (χ3n) is 4.36. The highest BCUT2D eigenvalue weighted by Crippen LogP contribution is 2.33. The molecule has 2 heterocycles. The average molecular weight is 376 g/mol. The number of aromatic nitrogens is 2. The number of rotatable bonds is 5. The van der Waals surface area contributed by atoms with Crippen LogP contribution in [0, 0.1) is 6.92 Å². The number of imidazole rings is 1. The van der Waals surface area contributed by atoms with Crippen LogP contribution in [0.15, 0.2) is 53.9 Å². The molecule has 0 spiro atoms. The first-order chi connectivity index (χ1) is 13.1. The Kier molecular flexibility index (Phi) is 4.54. The molecule has 5 heteroatoms. The molecule has 0 radical (unpaired) electrons. The minimum Gasteiger partial charge on any atom is -0.491 e. The Labute approximate surface area is 162 Å². The number of hydrogen-bond acceptors (Lipinski definition) is 4. The number of ether oxygens (including phenoxy) is 1. The molecule has 4 nitrogen and oxygen atoms in total. The highest BCUT2D eigenvalue weighted by Gasteiger charge is 2.18. The van der Waals surface area contributed by atoms with Crippen LogP contribution in [-0.4, -0.2) is 21.8 Å². The van der Waals surface area contributed by atoms with Crippen LogP contribution in [0.5, 0.6) is 5.75 Å². The van der Waals surface area contributed by atoms with Crippen molar-refractivity contribution in [3.63, 3.8) is 0 Å². The number of aryl methyl sites for hydroxylation is 1. The highest BCUT2D eigenvalue weighted by molar-refractivity contribution is 7.15. The predicted octanol–water partition coefficient (Wildman–Crippen LogP) is 5.64. The minimum absolute atomic E-state index is 0.122. The topological polar surface area (TPSA) is 43.6 Å². The summed E-state index contributed by atoms with van der Waals surface area (Å²) in [5.74, 6) is 0.808. The van der Waals surface area contributed by atoms with E-state index in [9.17, 15) is 4.79 Å². The molecular formula is C22H20N2O2S. The van der Waals surface area contributed by atoms with E-state index in [1.54, 1.807) is 0 Å². The largest absolute Gasteiger partial charge is 0.491 e. The molecule has 0 N–H and O–H groups in total. The number of aldehydes is 1. The smallest absolute Gasteiger partial charge is 0.195 e. The number of benzene rings is 2. The molecule has 0 saturated heterocycles. The molecule has 0 amide bonds. The molecule has 4 rings (SSSR count). The van der Waals surface area contributed by atoms with Gasteiger partial charge in [0.05, 0.1) is 11.8 Å². The molecule has 0 aliphatic carbocycles. The number of fused-ring (bicyclic) bond motifs is 1. The van der Waals surface area contributed by atoms with Crippen LogP contribution in [-0.2, 0) is 0 Å². The van der Waals surface area contributed by atoms with Gasteiger partial charge in [-0.1, -0.05) is 29.8 Å². The predicted molar refractivity (Wildman–Crippen MR) is 110 cm³/mol. The van der Waals surface area contributed by atoms with Crippen LogP contribution in [0.3, 0.4) is 0 Å². The van der Waals surface area contributed by atoms with Crippen LogP contribution < -0.4 is 4.74 Å². The molecule has 136 valence electrons. The van der Waals surface area contributed by atoms with Gasteiger partial charge in [0, 0.05) is 10.9 Å². The van der Waals surface area contributed by atoms with Crippen molar-refractivity contribution in [1.82, 2.24) is 9.38 Å². The lowest BCUT2D eigenvalue weighted by Gasteiger charge is -2.09. The zero-order valence-electron chi connectivity index (χ0n) is 15.5. The zero-order chi connectivity index (χ0) is 19.0. The maximum Gasteiger partial charge on any atom is 0.195 e. The summed E-state index contributed by atoms with van der Waals surface area (Å²) in [5.41, 5.74) is 5.42. The first kappa shape index (κ1) is 17.5. The maximum absolute atomic E-state index is 11.9. The van der Waals surface area contributed by atoms with E-state index in [1.807, 2.05) is 47.9 Å². The SMILES string of the molecule is Cc1ccc(-c2csc3nc(-c4ccc(OC(C)C)cc4)c(C=O)n23)cc1. The summed E-state index contributed by atoms with van der Waals surface area (Å²) in [7, 11) is 0. The van der Waals surface area contributed by atoms with Crippen molar-refractivity contribution in [2.24, 2.45) is 0 Å². The van der Waals surface area contributed by atoms with Crippen molar-refractivity contribution in [1.29, 1.82) is 0 Å². The molecule has 0 unspecified atom stereocenters. The molecule has 2 aromatic heterocycles. The van der Waals surface area contributed by atoms with Crippen LogP contribution in [0.4, 0.5) is 0 Å². The number of hydrogen-bond donors (Lipinski definition) is 0. The van der Waals surface area contributed by atoms with Gasteiger partial charge in [-0.25, -0.2) is 4.98 Å². The second-order valence-corrected chi connectivity index (χ2v) is 7.60. The molecule has 0 atom stereocenters. The van der Waals surface area contributed by atoms with Crippen molar-refractivity contribution < 1.29 is 9.53 Å². The lowest BCUT2D eigenvalue weighted by Crippen LogP contribution is -2.05. The van der Waals surface area contributed by atoms with E-state index in [0.717, 1.165) is 33.8 Å². The Hall–Kier alpha value is -2.92. The quantitative estimate of drug-likeness (QED) is 0.424. The van der Waals surface area contributed by atoms with Gasteiger partial charge in [0.2, 0.25) is 0 Å². The van der Waals surface area contributed by atoms with E-state index in [4.69, 9.17) is 9.72 Å². The summed E-state index contributed by atoms with van der Waals surface area (Å²) < 4.78 is 7.64. The number of carbonyl (C=O) groups excluding carboxylic acids is 1. The monoisotopic (exact) mass is 376 g/mol. The fourth-order valence-electron chi connectivity index (χ4n) is 3.09. The summed E-state index contributed by atoms with van der Waals surface area (Å²) in [4.78, 5) is 17.5. The van der Waals surface area contributed by atoms with Crippen LogP contribution >= 0.6 is 11.3 Å². The lowest BCUT2D eigenvalue weighted by atomic mass is 10.1. The third-order valence-corrected chi connectivity index (χ3v) is 5.18. The van der Waals surface area contributed by atoms with E-state index in [2.05, 4.69) is 31.2 Å². The molecule has 4 aromatic rings. The summed E-state index contributed by atoms with van der Waals surface area (Å²) >= 11 is 1.54. The van der Waals surface area contributed by atoms with E-state index >= 15 is 0 Å². The lowest BCUT2D eigenvalue weighted by molar-refractivity contribution is 0.111. The first-order valence-corrected chi connectivity index (χ1v) is 9.74. The van der Waals surface area contributed by atoms with Crippen molar-refractivity contribution in [3.8, 4) is 28.3 Å². The van der Waals surface area contributed by atoms with Crippen LogP contribution in [0.25, 0.3) is 27.5 Å². The van der Waals surface area contributed by atoms with Crippen molar-refractivity contribution in [3.05, 3.63) is 65.2 Å². The van der Waals surface area contributed by atoms with Crippen molar-refractivity contribution >= 4 is 22.6 Å². The van der Waals surface area contributed by atoms with Crippen LogP contribution in [0.1, 0.15) is 29.9 Å². The standard InChI is InChI=1S/C22H20N2O2S/c1-14(2)26-18-10-8-17(9-11-18)21-19(12-25)24-20(13-27-22(24)23-21)16-6-4-15(3)5-7-16/h4-14H,1-3H3. The summed E-state index contributed by atoms with van der Waals surface area (Å²) in [5, 5.41) is 2.04. The van der Waals surface area contributed by atoms with Gasteiger partial charge < -0.3 is 4.74 Å². The van der Waals surface area contributed by atoms with Gasteiger partial charge in [0.25, 0.3) is 0 Å². The first-order valence-electron chi connectivity index (χ1n) is 8.86. The van der Waals surface area contributed by atoms with E-state index in [-0.39, 0.29) is 6.10 Å². The second-order valence-electron chi connectivity index (χ2n) is 6.76. The second kappa shape index (κ2) is 7.00. The number of nitrogens with zero attached hydrogens (tertiary/aromatic N) is 2. The molecule has 0 aliphatic rings. The van der Waals surface area contributed by atoms with Crippen LogP contribution in [0.2, 0.25) is 0 Å². The van der Waals surface area contributed by atoms with Gasteiger partial charge in [-0.2, -0.15) is 0 Å². The highest BCUT2D eigenvalue weighted by atomic mass is 32.1. The van der Waals surface area contributed by atoms with Gasteiger partial charge in [-0.05, 0) is 50.6 Å². The Morgan fingerprint density at radius 2 is 1.70 bits per heavy atom. The van der Waals surface area contributed by atoms with E-state index in [0.29, 0.717) is 11.4 Å². The van der Waals surface area contributed by atoms with Gasteiger partial charge >= 0.3 is 0 Å². The molecular weight excluding hydrogens is 356 g/mol. The van der Waals surface area contributed by atoms with Crippen molar-refractivity contribution in [2.75, 3.05) is 0 Å². The number of carbonyl (C=O) groups is 1. The average Bonchev–Trinajstić information content (AvgIpc) is 3.21. The molecule has 27 heavy (non-hydrogen) atoms. The van der Waals surface area contributed by atoms with Gasteiger partial charge in [-0.15, -0.1) is 11.3 Å². The molecule has 0 saturated carbocycles. The molecule has 0 bridgehead atoms. The molecule has 0 aliphatic heterocycles. The van der Waals surface area contributed by atoms with E-state index < -0.39 is 0 Å². The Balaban J connectivity index is 1.81. The fourth-order valence-corrected chi connectivity index (χ4v) is 4.00. The minimum atomic E-state index is 0.122. The molecule has 2 aromatic carbocycles. The Bertz CT molecular complexity index is 1090. The summed E-state index contributed by atoms with van der Waals surface area (Å²) in [6.07, 6.45) is 1.01. The summed E-state index contributed by atoms with van der Waals surface area (Å²) in [6.45, 7) is 6.05. The molecule has 0 fully saturated rings. The zero-order valence-corrected chi connectivity index (χ0v) is 16.3. The fraction of sp³-hybridized carbons (Fsp3) is 0.182.